The number of hydrogen-bond donors (Lipinski definition) is 2. The van der Waals surface area contributed by atoms with Crippen LogP contribution < -0.4 is 14.8 Å². The van der Waals surface area contributed by atoms with Gasteiger partial charge >= 0.3 is 0 Å². The van der Waals surface area contributed by atoms with Gasteiger partial charge in [0.1, 0.15) is 19.4 Å². The zero-order valence-electron chi connectivity index (χ0n) is 10.6. The van der Waals surface area contributed by atoms with Crippen molar-refractivity contribution in [3.63, 3.8) is 0 Å². The summed E-state index contributed by atoms with van der Waals surface area (Å²) in [6, 6.07) is 3.27. The minimum absolute atomic E-state index is 0.375. The Hall–Kier alpha value is -1.33. The summed E-state index contributed by atoms with van der Waals surface area (Å²) in [6.45, 7) is 2.72. The summed E-state index contributed by atoms with van der Waals surface area (Å²) in [5, 5.41) is 12.9. The van der Waals surface area contributed by atoms with Crippen LogP contribution in [0.2, 0.25) is 0 Å². The average Bonchev–Trinajstić information content (AvgIpc) is 2.37. The first-order valence-corrected chi connectivity index (χ1v) is 6.03. The van der Waals surface area contributed by atoms with Gasteiger partial charge in [-0.15, -0.1) is 0 Å². The zero-order valence-corrected chi connectivity index (χ0v) is 10.6. The van der Waals surface area contributed by atoms with Gasteiger partial charge in [0.15, 0.2) is 11.5 Å². The van der Waals surface area contributed by atoms with Crippen LogP contribution in [-0.4, -0.2) is 31.9 Å². The molecule has 2 N–H and O–H groups in total. The van der Waals surface area contributed by atoms with Crippen LogP contribution in [0.3, 0.4) is 0 Å². The highest BCUT2D eigenvalue weighted by atomic mass is 19.1. The fraction of sp³-hybridized carbons (Fsp3) is 0.538. The Kier molecular flexibility index (Phi) is 4.04. The van der Waals surface area contributed by atoms with Crippen LogP contribution in [0.5, 0.6) is 11.5 Å². The van der Waals surface area contributed by atoms with Gasteiger partial charge in [0.25, 0.3) is 0 Å². The predicted octanol–water partition coefficient (Wildman–Crippen LogP) is 1.74. The lowest BCUT2D eigenvalue weighted by Crippen LogP contribution is -2.21. The van der Waals surface area contributed by atoms with Gasteiger partial charge in [-0.05, 0) is 31.7 Å². The number of rotatable bonds is 4. The van der Waals surface area contributed by atoms with Crippen LogP contribution in [0.25, 0.3) is 0 Å². The third-order valence-electron chi connectivity index (χ3n) is 2.91. The Balaban J connectivity index is 2.44. The first kappa shape index (κ1) is 13.1. The van der Waals surface area contributed by atoms with Crippen molar-refractivity contribution in [1.29, 1.82) is 0 Å². The third kappa shape index (κ3) is 2.57. The van der Waals surface area contributed by atoms with Gasteiger partial charge < -0.3 is 19.9 Å². The normalized spacial score (nSPS) is 17.3. The van der Waals surface area contributed by atoms with E-state index in [9.17, 15) is 9.50 Å². The minimum Gasteiger partial charge on any atom is -0.486 e. The quantitative estimate of drug-likeness (QED) is 0.860. The van der Waals surface area contributed by atoms with Crippen LogP contribution in [0.4, 0.5) is 4.39 Å². The number of aliphatic hydroxyl groups is 1. The number of aliphatic hydroxyl groups excluding tert-OH is 1. The molecule has 1 aliphatic rings. The summed E-state index contributed by atoms with van der Waals surface area (Å²) in [4.78, 5) is 0. The molecule has 0 aliphatic carbocycles. The van der Waals surface area contributed by atoms with Crippen molar-refractivity contribution in [2.75, 3.05) is 26.8 Å². The topological polar surface area (TPSA) is 50.7 Å². The van der Waals surface area contributed by atoms with Crippen LogP contribution in [-0.2, 0) is 0 Å². The molecule has 2 unspecified atom stereocenters. The van der Waals surface area contributed by atoms with Gasteiger partial charge in [-0.1, -0.05) is 0 Å². The fourth-order valence-electron chi connectivity index (χ4n) is 1.98. The Labute approximate surface area is 106 Å². The van der Waals surface area contributed by atoms with E-state index < -0.39 is 12.3 Å². The zero-order chi connectivity index (χ0) is 13.1. The van der Waals surface area contributed by atoms with E-state index in [0.29, 0.717) is 42.4 Å². The van der Waals surface area contributed by atoms with Crippen molar-refractivity contribution in [2.24, 2.45) is 0 Å². The SMILES string of the molecule is CNCC(O)c1cc(C(C)F)cc2c1OCCO2. The molecule has 0 radical (unpaired) electrons. The van der Waals surface area contributed by atoms with Crippen LogP contribution in [0.1, 0.15) is 30.3 Å². The van der Waals surface area contributed by atoms with Crippen molar-refractivity contribution in [3.05, 3.63) is 23.3 Å². The summed E-state index contributed by atoms with van der Waals surface area (Å²) < 4.78 is 24.4. The summed E-state index contributed by atoms with van der Waals surface area (Å²) in [5.41, 5.74) is 1.06. The second-order valence-electron chi connectivity index (χ2n) is 4.32. The molecule has 0 saturated heterocycles. The highest BCUT2D eigenvalue weighted by molar-refractivity contribution is 5.51. The molecule has 2 rings (SSSR count). The van der Waals surface area contributed by atoms with Crippen molar-refractivity contribution in [3.8, 4) is 11.5 Å². The lowest BCUT2D eigenvalue weighted by molar-refractivity contribution is 0.145. The van der Waals surface area contributed by atoms with Gasteiger partial charge in [0.05, 0.1) is 6.10 Å². The molecule has 0 aromatic heterocycles. The molecule has 100 valence electrons. The second kappa shape index (κ2) is 5.54. The summed E-state index contributed by atoms with van der Waals surface area (Å²) in [6.07, 6.45) is -1.86. The first-order chi connectivity index (χ1) is 8.63. The first-order valence-electron chi connectivity index (χ1n) is 6.03. The third-order valence-corrected chi connectivity index (χ3v) is 2.91. The summed E-state index contributed by atoms with van der Waals surface area (Å²) in [5.74, 6) is 1.03. The largest absolute Gasteiger partial charge is 0.486 e. The Morgan fingerprint density at radius 3 is 2.78 bits per heavy atom. The molecule has 0 bridgehead atoms. The molecule has 0 fully saturated rings. The molecule has 2 atom stereocenters. The van der Waals surface area contributed by atoms with E-state index in [2.05, 4.69) is 5.32 Å². The van der Waals surface area contributed by atoms with Gasteiger partial charge in [-0.3, -0.25) is 0 Å². The van der Waals surface area contributed by atoms with Gasteiger partial charge in [0.2, 0.25) is 0 Å². The highest BCUT2D eigenvalue weighted by Crippen LogP contribution is 2.40. The van der Waals surface area contributed by atoms with Crippen molar-refractivity contribution < 1.29 is 19.0 Å². The predicted molar refractivity (Wildman–Crippen MR) is 65.8 cm³/mol. The molecular weight excluding hydrogens is 237 g/mol. The number of hydrogen-bond acceptors (Lipinski definition) is 4. The average molecular weight is 255 g/mol. The molecule has 1 aromatic carbocycles. The standard InChI is InChI=1S/C13H18FNO3/c1-8(14)9-5-10(11(16)7-15-2)13-12(6-9)17-3-4-18-13/h5-6,8,11,15-16H,3-4,7H2,1-2H3. The fourth-order valence-corrected chi connectivity index (χ4v) is 1.98. The van der Waals surface area contributed by atoms with Crippen LogP contribution >= 0.6 is 0 Å². The molecule has 0 amide bonds. The Morgan fingerprint density at radius 1 is 1.39 bits per heavy atom. The summed E-state index contributed by atoms with van der Waals surface area (Å²) >= 11 is 0. The van der Waals surface area contributed by atoms with Crippen LogP contribution in [0.15, 0.2) is 12.1 Å². The molecule has 1 heterocycles. The lowest BCUT2D eigenvalue weighted by atomic mass is 10.0. The summed E-state index contributed by atoms with van der Waals surface area (Å²) in [7, 11) is 1.74. The van der Waals surface area contributed by atoms with E-state index >= 15 is 0 Å². The van der Waals surface area contributed by atoms with E-state index in [1.807, 2.05) is 0 Å². The molecule has 1 aliphatic heterocycles. The van der Waals surface area contributed by atoms with Gasteiger partial charge in [-0.25, -0.2) is 4.39 Å². The molecular formula is C13H18FNO3. The Morgan fingerprint density at radius 2 is 2.11 bits per heavy atom. The van der Waals surface area contributed by atoms with Gasteiger partial charge in [-0.2, -0.15) is 0 Å². The van der Waals surface area contributed by atoms with Crippen molar-refractivity contribution in [2.45, 2.75) is 19.2 Å². The molecule has 4 nitrogen and oxygen atoms in total. The lowest BCUT2D eigenvalue weighted by Gasteiger charge is -2.24. The molecule has 18 heavy (non-hydrogen) atoms. The maximum Gasteiger partial charge on any atom is 0.167 e. The number of fused-ring (bicyclic) bond motifs is 1. The van der Waals surface area contributed by atoms with E-state index in [1.54, 1.807) is 19.2 Å². The monoisotopic (exact) mass is 255 g/mol. The van der Waals surface area contributed by atoms with E-state index in [4.69, 9.17) is 9.47 Å². The number of ether oxygens (including phenoxy) is 2. The molecule has 0 spiro atoms. The van der Waals surface area contributed by atoms with Gasteiger partial charge in [0, 0.05) is 12.1 Å². The minimum atomic E-state index is -1.11. The molecule has 1 aromatic rings. The number of benzene rings is 1. The maximum absolute atomic E-state index is 13.4. The maximum atomic E-state index is 13.4. The number of alkyl halides is 1. The smallest absolute Gasteiger partial charge is 0.167 e. The number of halogens is 1. The van der Waals surface area contributed by atoms with Crippen molar-refractivity contribution >= 4 is 0 Å². The van der Waals surface area contributed by atoms with Crippen molar-refractivity contribution in [1.82, 2.24) is 5.32 Å². The highest BCUT2D eigenvalue weighted by Gasteiger charge is 2.23. The van der Waals surface area contributed by atoms with E-state index in [0.717, 1.165) is 0 Å². The molecule has 0 saturated carbocycles. The van der Waals surface area contributed by atoms with E-state index in [1.165, 1.54) is 6.92 Å². The Bertz CT molecular complexity index is 423. The molecule has 5 heteroatoms. The van der Waals surface area contributed by atoms with Crippen LogP contribution in [0, 0.1) is 0 Å². The van der Waals surface area contributed by atoms with E-state index in [-0.39, 0.29) is 0 Å². The number of nitrogens with one attached hydrogen (secondary N) is 1. The number of likely N-dealkylation sites (N-methyl/N-ethyl adjacent to an activating group) is 1. The second-order valence-corrected chi connectivity index (χ2v) is 4.32.